The van der Waals surface area contributed by atoms with Crippen molar-refractivity contribution < 1.29 is 9.59 Å². The summed E-state index contributed by atoms with van der Waals surface area (Å²) >= 11 is 25.8. The number of para-hydroxylation sites is 1. The van der Waals surface area contributed by atoms with Gasteiger partial charge in [-0.25, -0.2) is 0 Å². The highest BCUT2D eigenvalue weighted by atomic mass is 35.5. The van der Waals surface area contributed by atoms with Gasteiger partial charge >= 0.3 is 0 Å². The minimum atomic E-state index is -0.510. The summed E-state index contributed by atoms with van der Waals surface area (Å²) in [5, 5.41) is 2.20. The van der Waals surface area contributed by atoms with Gasteiger partial charge in [-0.2, -0.15) is 0 Å². The van der Waals surface area contributed by atoms with Gasteiger partial charge in [0.2, 0.25) is 0 Å². The fourth-order valence-electron chi connectivity index (χ4n) is 9.51. The maximum atomic E-state index is 14.0. The number of rotatable bonds is 2. The number of anilines is 4. The van der Waals surface area contributed by atoms with Crippen LogP contribution in [0.15, 0.2) is 102 Å². The molecule has 1 fully saturated rings. The Morgan fingerprint density at radius 3 is 1.92 bits per heavy atom. The molecule has 52 heavy (non-hydrogen) atoms. The van der Waals surface area contributed by atoms with Gasteiger partial charge in [0.25, 0.3) is 0 Å². The summed E-state index contributed by atoms with van der Waals surface area (Å²) < 4.78 is 0. The Kier molecular flexibility index (Phi) is 7.78. The molecule has 9 rings (SSSR count). The number of carbonyl (C=O) groups excluding carboxylic acids is 2. The number of Topliss-reactive ketones (excluding diaryl/α,β-unsaturated/α-hetero) is 2. The number of carbonyl (C=O) groups is 2. The van der Waals surface area contributed by atoms with Crippen LogP contribution in [0.3, 0.4) is 0 Å². The van der Waals surface area contributed by atoms with Gasteiger partial charge in [-0.15, -0.1) is 0 Å². The van der Waals surface area contributed by atoms with Crippen molar-refractivity contribution in [1.82, 2.24) is 0 Å². The number of allylic oxidation sites excluding steroid dienone is 4. The molecule has 1 spiro atoms. The second kappa shape index (κ2) is 12.0. The Labute approximate surface area is 323 Å². The van der Waals surface area contributed by atoms with Gasteiger partial charge < -0.3 is 9.80 Å². The summed E-state index contributed by atoms with van der Waals surface area (Å²) in [6.45, 7) is 4.61. The van der Waals surface area contributed by atoms with Crippen LogP contribution in [0.2, 0.25) is 20.1 Å². The molecule has 2 aliphatic carbocycles. The molecule has 260 valence electrons. The molecule has 4 nitrogen and oxygen atoms in total. The number of halogens is 4. The van der Waals surface area contributed by atoms with Crippen LogP contribution in [0.1, 0.15) is 83.4 Å². The third-order valence-electron chi connectivity index (χ3n) is 11.9. The molecule has 5 aromatic carbocycles. The van der Waals surface area contributed by atoms with E-state index in [1.807, 2.05) is 6.08 Å². The van der Waals surface area contributed by atoms with Crippen molar-refractivity contribution in [3.63, 3.8) is 0 Å². The van der Waals surface area contributed by atoms with E-state index in [0.717, 1.165) is 54.9 Å². The van der Waals surface area contributed by atoms with E-state index in [1.54, 1.807) is 6.08 Å². The van der Waals surface area contributed by atoms with Crippen LogP contribution in [-0.4, -0.2) is 18.6 Å². The summed E-state index contributed by atoms with van der Waals surface area (Å²) in [5.74, 6) is -1.02. The SMILES string of the molecule is CN1c2ccccc2C(C)(C)c2c1cccc2N1/C(=C\C=C2C(=O)c3c(Cl)c(Cl)c(Cl)c(Cl)c3C2=O)C2(CCCCC2)c2c1ccc1ccccc21. The van der Waals surface area contributed by atoms with E-state index in [9.17, 15) is 9.59 Å². The molecule has 0 N–H and O–H groups in total. The highest BCUT2D eigenvalue weighted by molar-refractivity contribution is 6.57. The first-order chi connectivity index (χ1) is 25.0. The first-order valence-corrected chi connectivity index (χ1v) is 19.2. The fourth-order valence-corrected chi connectivity index (χ4v) is 10.5. The molecule has 2 heterocycles. The lowest BCUT2D eigenvalue weighted by Gasteiger charge is -2.43. The molecule has 0 bridgehead atoms. The molecule has 0 unspecified atom stereocenters. The average molecular weight is 765 g/mol. The normalized spacial score (nSPS) is 19.0. The van der Waals surface area contributed by atoms with Crippen LogP contribution in [0, 0.1) is 0 Å². The zero-order valence-electron chi connectivity index (χ0n) is 28.9. The van der Waals surface area contributed by atoms with Crippen LogP contribution in [-0.2, 0) is 10.8 Å². The number of nitrogens with zero attached hydrogens (tertiary/aromatic N) is 2. The zero-order chi connectivity index (χ0) is 36.3. The number of fused-ring (bicyclic) bond motifs is 7. The summed E-state index contributed by atoms with van der Waals surface area (Å²) in [6, 6.07) is 28.2. The van der Waals surface area contributed by atoms with Gasteiger partial charge in [-0.05, 0) is 71.2 Å². The molecule has 8 heteroatoms. The Morgan fingerprint density at radius 1 is 0.615 bits per heavy atom. The number of ketones is 2. The van der Waals surface area contributed by atoms with Crippen molar-refractivity contribution in [2.45, 2.75) is 56.8 Å². The largest absolute Gasteiger partial charge is 0.344 e. The number of benzene rings is 5. The van der Waals surface area contributed by atoms with Crippen LogP contribution in [0.5, 0.6) is 0 Å². The van der Waals surface area contributed by atoms with Crippen molar-refractivity contribution in [2.75, 3.05) is 16.8 Å². The van der Waals surface area contributed by atoms with E-state index in [0.29, 0.717) is 0 Å². The van der Waals surface area contributed by atoms with E-state index < -0.39 is 11.6 Å². The molecule has 0 amide bonds. The summed E-state index contributed by atoms with van der Waals surface area (Å²) in [5.41, 5.74) is 8.60. The van der Waals surface area contributed by atoms with Gasteiger partial charge in [-0.3, -0.25) is 9.59 Å². The minimum absolute atomic E-state index is 0.00114. The van der Waals surface area contributed by atoms with Crippen LogP contribution in [0.4, 0.5) is 22.7 Å². The van der Waals surface area contributed by atoms with E-state index in [-0.39, 0.29) is 47.6 Å². The predicted octanol–water partition coefficient (Wildman–Crippen LogP) is 13.1. The maximum Gasteiger partial charge on any atom is 0.199 e. The monoisotopic (exact) mass is 762 g/mol. The van der Waals surface area contributed by atoms with E-state index in [4.69, 9.17) is 46.4 Å². The Hall–Kier alpha value is -4.06. The molecular formula is C44H34Cl4N2O2. The van der Waals surface area contributed by atoms with Gasteiger partial charge in [0.1, 0.15) is 0 Å². The molecule has 2 aliphatic heterocycles. The smallest absolute Gasteiger partial charge is 0.199 e. The molecule has 0 saturated heterocycles. The quantitative estimate of drug-likeness (QED) is 0.0777. The first-order valence-electron chi connectivity index (χ1n) is 17.7. The second-order valence-electron chi connectivity index (χ2n) is 14.8. The Morgan fingerprint density at radius 2 is 1.21 bits per heavy atom. The fraction of sp³-hybridized carbons (Fsp3) is 0.227. The zero-order valence-corrected chi connectivity index (χ0v) is 31.9. The van der Waals surface area contributed by atoms with Crippen molar-refractivity contribution >= 4 is 91.5 Å². The summed E-state index contributed by atoms with van der Waals surface area (Å²) in [4.78, 5) is 32.7. The van der Waals surface area contributed by atoms with Gasteiger partial charge in [0.05, 0.1) is 48.2 Å². The van der Waals surface area contributed by atoms with Crippen LogP contribution in [0.25, 0.3) is 10.8 Å². The van der Waals surface area contributed by atoms with Crippen molar-refractivity contribution in [1.29, 1.82) is 0 Å². The average Bonchev–Trinajstić information content (AvgIpc) is 3.57. The van der Waals surface area contributed by atoms with Crippen LogP contribution >= 0.6 is 46.4 Å². The van der Waals surface area contributed by atoms with Crippen molar-refractivity contribution in [3.8, 4) is 0 Å². The second-order valence-corrected chi connectivity index (χ2v) is 16.3. The predicted molar refractivity (Wildman–Crippen MR) is 215 cm³/mol. The Balaban J connectivity index is 1.33. The van der Waals surface area contributed by atoms with Crippen molar-refractivity contribution in [2.24, 2.45) is 0 Å². The van der Waals surface area contributed by atoms with E-state index in [2.05, 4.69) is 110 Å². The summed E-state index contributed by atoms with van der Waals surface area (Å²) in [7, 11) is 2.13. The highest BCUT2D eigenvalue weighted by Gasteiger charge is 2.51. The lowest BCUT2D eigenvalue weighted by molar-refractivity contribution is 0.0989. The first kappa shape index (κ1) is 33.8. The summed E-state index contributed by atoms with van der Waals surface area (Å²) in [6.07, 6.45) is 8.82. The topological polar surface area (TPSA) is 40.6 Å². The lowest BCUT2D eigenvalue weighted by atomic mass is 9.67. The molecule has 1 saturated carbocycles. The molecule has 5 aromatic rings. The van der Waals surface area contributed by atoms with E-state index in [1.165, 1.54) is 33.2 Å². The van der Waals surface area contributed by atoms with Crippen LogP contribution < -0.4 is 9.80 Å². The number of hydrogen-bond donors (Lipinski definition) is 0. The van der Waals surface area contributed by atoms with Gasteiger partial charge in [0, 0.05) is 40.5 Å². The van der Waals surface area contributed by atoms with Gasteiger partial charge in [0.15, 0.2) is 11.6 Å². The standard InChI is InChI=1S/C44H34Cl4N2O2/c1-43(2)27-14-7-8-15-28(27)49(3)29-16-11-17-30(36(29)43)50-31-20-18-24-12-5-6-13-25(24)35(31)44(22-9-4-10-23-44)32(50)21-19-26-41(51)33-34(42(26)52)38(46)40(48)39(47)37(33)45/h5-8,11-21H,4,9-10,22-23H2,1-3H3/b32-21-. The Bertz CT molecular complexity index is 2440. The third kappa shape index (κ3) is 4.48. The molecule has 0 aromatic heterocycles. The highest BCUT2D eigenvalue weighted by Crippen LogP contribution is 2.62. The molecule has 4 aliphatic rings. The van der Waals surface area contributed by atoms with E-state index >= 15 is 0 Å². The minimum Gasteiger partial charge on any atom is -0.344 e. The van der Waals surface area contributed by atoms with Gasteiger partial charge in [-0.1, -0.05) is 134 Å². The molecule has 0 radical (unpaired) electrons. The lowest BCUT2D eigenvalue weighted by Crippen LogP contribution is -2.35. The third-order valence-corrected chi connectivity index (χ3v) is 13.7. The molecule has 0 atom stereocenters. The number of hydrogen-bond acceptors (Lipinski definition) is 4. The molecular weight excluding hydrogens is 730 g/mol. The maximum absolute atomic E-state index is 14.0. The van der Waals surface area contributed by atoms with Crippen molar-refractivity contribution in [3.05, 3.63) is 150 Å².